The topological polar surface area (TPSA) is 228 Å². The summed E-state index contributed by atoms with van der Waals surface area (Å²) in [6.07, 6.45) is 3.99. The Labute approximate surface area is 461 Å². The first-order chi connectivity index (χ1) is 32.3. The maximum atomic E-state index is 13.8. The van der Waals surface area contributed by atoms with Gasteiger partial charge in [0.2, 0.25) is 23.4 Å². The number of carboxylic acid groups (broad SMARTS) is 1. The van der Waals surface area contributed by atoms with Crippen molar-refractivity contribution in [3.05, 3.63) is 6.92 Å². The number of halogens is 3. The number of nitrogens with one attached hydrogen (secondary N) is 1. The van der Waals surface area contributed by atoms with E-state index < -0.39 is 70.5 Å². The van der Waals surface area contributed by atoms with E-state index in [0.717, 1.165) is 25.7 Å². The third kappa shape index (κ3) is 17.0. The Morgan fingerprint density at radius 2 is 1.06 bits per heavy atom. The van der Waals surface area contributed by atoms with E-state index in [1.165, 1.54) is 0 Å². The number of hydrogen-bond acceptors (Lipinski definition) is 10. The number of aliphatic carboxylic acids is 1. The van der Waals surface area contributed by atoms with Crippen LogP contribution < -0.4 is 11.1 Å². The van der Waals surface area contributed by atoms with E-state index in [2.05, 4.69) is 99.9 Å². The van der Waals surface area contributed by atoms with Crippen molar-refractivity contribution in [1.82, 2.24) is 15.1 Å². The minimum atomic E-state index is -1.52. The number of primary amides is 1. The number of piperidine rings is 2. The average molecular weight is 1370 g/mol. The normalized spacial score (nSPS) is 26.1. The molecular formula is C52H83I3N4O11V-. The summed E-state index contributed by atoms with van der Waals surface area (Å²) in [5.41, 5.74) is 3.56. The van der Waals surface area contributed by atoms with Crippen molar-refractivity contribution in [2.24, 2.45) is 80.7 Å². The fourth-order valence-electron chi connectivity index (χ4n) is 10.8. The molecule has 404 valence electrons. The molecule has 2 heterocycles. The van der Waals surface area contributed by atoms with Crippen LogP contribution in [0.4, 0.5) is 4.79 Å². The minimum absolute atomic E-state index is 0.00984. The molecule has 0 bridgehead atoms. The van der Waals surface area contributed by atoms with Gasteiger partial charge in [0.25, 0.3) is 5.91 Å². The summed E-state index contributed by atoms with van der Waals surface area (Å²) >= 11 is 7.39. The molecule has 2 aliphatic heterocycles. The number of carboxylic acids is 1. The third-order valence-corrected chi connectivity index (χ3v) is 15.8. The summed E-state index contributed by atoms with van der Waals surface area (Å²) in [5, 5.41) is 12.0. The summed E-state index contributed by atoms with van der Waals surface area (Å²) < 4.78 is 5.38. The Morgan fingerprint density at radius 1 is 0.690 bits per heavy atom. The molecule has 0 spiro atoms. The molecule has 4 amide bonds. The van der Waals surface area contributed by atoms with Crippen molar-refractivity contribution in [2.45, 2.75) is 179 Å². The average Bonchev–Trinajstić information content (AvgIpc) is 4.21. The number of hydrogen-bond donors (Lipinski definition) is 3. The number of alkyl carbamates (subject to hydrolysis) is 1. The van der Waals surface area contributed by atoms with E-state index in [4.69, 9.17) is 10.5 Å². The van der Waals surface area contributed by atoms with Gasteiger partial charge in [0.05, 0.1) is 12.1 Å². The zero-order valence-corrected chi connectivity index (χ0v) is 52.7. The number of fused-ring (bicyclic) bond motifs is 2. The van der Waals surface area contributed by atoms with Crippen LogP contribution in [-0.4, -0.2) is 105 Å². The maximum absolute atomic E-state index is 13.8. The van der Waals surface area contributed by atoms with Crippen molar-refractivity contribution in [1.29, 1.82) is 0 Å². The fourth-order valence-corrected chi connectivity index (χ4v) is 10.8. The van der Waals surface area contributed by atoms with Gasteiger partial charge in [-0.15, -0.1) is 0 Å². The van der Waals surface area contributed by atoms with Crippen LogP contribution in [-0.2, 0) is 48.0 Å². The number of rotatable bonds is 17. The Hall–Kier alpha value is -1.40. The molecule has 10 atom stereocenters. The van der Waals surface area contributed by atoms with Crippen LogP contribution in [0.5, 0.6) is 0 Å². The second kappa shape index (κ2) is 24.7. The zero-order chi connectivity index (χ0) is 54.8. The molecule has 3 unspecified atom stereocenters. The van der Waals surface area contributed by atoms with E-state index in [1.54, 1.807) is 37.5 Å². The molecule has 15 nitrogen and oxygen atoms in total. The molecule has 0 radical (unpaired) electrons. The van der Waals surface area contributed by atoms with Crippen LogP contribution in [0.15, 0.2) is 0 Å². The Bertz CT molecular complexity index is 2020. The molecule has 4 aliphatic carbocycles. The van der Waals surface area contributed by atoms with Gasteiger partial charge in [-0.1, -0.05) is 102 Å². The predicted octanol–water partition coefficient (Wildman–Crippen LogP) is 9.51. The van der Waals surface area contributed by atoms with Gasteiger partial charge in [0.1, 0.15) is 11.6 Å². The molecule has 19 heteroatoms. The van der Waals surface area contributed by atoms with Crippen molar-refractivity contribution >= 4 is 113 Å². The number of nitrogens with two attached hydrogens (primary N) is 1. The summed E-state index contributed by atoms with van der Waals surface area (Å²) in [6.45, 7) is 33.1. The van der Waals surface area contributed by atoms with Gasteiger partial charge < -0.3 is 37.6 Å². The molecule has 0 aromatic carbocycles. The van der Waals surface area contributed by atoms with Crippen LogP contribution in [0.25, 0.3) is 0 Å². The summed E-state index contributed by atoms with van der Waals surface area (Å²) in [5.74, 6) is -5.28. The number of Topliss-reactive ketones (excluding diaryl/α,β-unsaturated/α-hetero) is 4. The standard InChI is InChI=1S/C27H42N2O7.C23H36N2O4.C2H5.3HI.V/c1-25(2,3)21(28-24(35)36-26(4,5)6)22(32)29-13-16-18(27(16,7)8)19(29)17(30)12-15(11-14-9-10-14)20(31)23(33)34;1-12(22(2,3)4)21(29)25-11-15-17(23(15,5)6)18(25)16(26)10-14(9-13-7-8-13)19(27)20(24)28;1-2;;;;/h14-16,18-19,21H,9-13H2,1-8H3,(H,28,35)(H,33,34);12-15,17-18H,7-11H2,1-6H3,(H2,24,28);1H2,2H3;3*1H;/q;;-1;;;;+3/p-3/t15?,16?,18-,19+,21+;12-,14?,15+,17+,18-;;;;;/m01...../s1. The van der Waals surface area contributed by atoms with Gasteiger partial charge >= 0.3 is 76.9 Å². The SMILES string of the molecule is CC(C)(C)OC(=O)N[C@H](C(=O)N1CC2[C@@H]([C@H]1C(=O)CC(CC1CC1)C(=O)C(=O)O)C2(C)C)C(C)(C)C.C[C@H](C(=O)N1C[C@H]2[C@@H]([C@H]1C(=O)CC(CC1CC1)C(=O)C(N)=O)C2(C)C)C(C)(C)C.[CH2-]C.[I][V]([I])[I]. The second-order valence-corrected chi connectivity index (χ2v) is 60.4. The Kier molecular flexibility index (Phi) is 22.3. The van der Waals surface area contributed by atoms with Crippen LogP contribution >= 0.6 is 59.9 Å². The first kappa shape index (κ1) is 63.9. The van der Waals surface area contributed by atoms with Crippen LogP contribution in [0.1, 0.15) is 155 Å². The first-order valence-corrected chi connectivity index (χ1v) is 38.6. The van der Waals surface area contributed by atoms with Gasteiger partial charge in [0, 0.05) is 43.7 Å². The number of likely N-dealkylation sites (tertiary alicyclic amines) is 2. The van der Waals surface area contributed by atoms with Crippen LogP contribution in [0.2, 0.25) is 0 Å². The van der Waals surface area contributed by atoms with Crippen molar-refractivity contribution < 1.29 is 57.9 Å². The van der Waals surface area contributed by atoms with Gasteiger partial charge in [-0.2, -0.15) is 6.92 Å². The van der Waals surface area contributed by atoms with Crippen molar-refractivity contribution in [3.63, 3.8) is 0 Å². The number of amides is 4. The van der Waals surface area contributed by atoms with Crippen molar-refractivity contribution in [2.75, 3.05) is 13.1 Å². The summed E-state index contributed by atoms with van der Waals surface area (Å²) in [6, 6.07) is -2.16. The van der Waals surface area contributed by atoms with Crippen LogP contribution in [0, 0.1) is 81.8 Å². The predicted molar refractivity (Wildman–Crippen MR) is 295 cm³/mol. The molecule has 6 fully saturated rings. The van der Waals surface area contributed by atoms with E-state index in [0.29, 0.717) is 37.8 Å². The molecule has 0 aromatic heterocycles. The molecule has 2 saturated heterocycles. The monoisotopic (exact) mass is 1370 g/mol. The van der Waals surface area contributed by atoms with Gasteiger partial charge in [0.15, 0.2) is 11.6 Å². The quantitative estimate of drug-likeness (QED) is 0.0706. The van der Waals surface area contributed by atoms with Crippen molar-refractivity contribution in [3.8, 4) is 0 Å². The molecular weight excluding hydrogens is 1290 g/mol. The number of ketones is 4. The Morgan fingerprint density at radius 3 is 1.37 bits per heavy atom. The fraction of sp³-hybridized carbons (Fsp3) is 0.808. The number of ether oxygens (including phenoxy) is 1. The van der Waals surface area contributed by atoms with E-state index in [1.807, 2.05) is 48.5 Å². The van der Waals surface area contributed by atoms with Gasteiger partial charge in [-0.05, 0) is 90.8 Å². The third-order valence-electron chi connectivity index (χ3n) is 15.8. The van der Waals surface area contributed by atoms with E-state index in [9.17, 15) is 48.3 Å². The molecule has 6 aliphatic rings. The van der Waals surface area contributed by atoms with Crippen LogP contribution in [0.3, 0.4) is 0 Å². The summed E-state index contributed by atoms with van der Waals surface area (Å²) in [7, 11) is 0. The van der Waals surface area contributed by atoms with E-state index >= 15 is 0 Å². The molecule has 4 saturated carbocycles. The van der Waals surface area contributed by atoms with Gasteiger partial charge in [-0.3, -0.25) is 33.6 Å². The molecule has 4 N–H and O–H groups in total. The summed E-state index contributed by atoms with van der Waals surface area (Å²) in [4.78, 5) is 117. The Balaban J connectivity index is 0.000000344. The molecule has 0 aromatic rings. The molecule has 6 rings (SSSR count). The van der Waals surface area contributed by atoms with Gasteiger partial charge in [-0.25, -0.2) is 9.59 Å². The zero-order valence-electron chi connectivity index (χ0n) is 44.8. The number of carbonyl (C=O) groups is 9. The number of carbonyl (C=O) groups excluding carboxylic acids is 8. The van der Waals surface area contributed by atoms with E-state index in [-0.39, 0.29) is 87.0 Å². The second-order valence-electron chi connectivity index (χ2n) is 25.0. The number of nitrogens with zero attached hydrogens (tertiary/aromatic N) is 2. The first-order valence-electron chi connectivity index (χ1n) is 25.1. The molecule has 71 heavy (non-hydrogen) atoms.